The van der Waals surface area contributed by atoms with Gasteiger partial charge in [-0.25, -0.2) is 4.79 Å². The lowest BCUT2D eigenvalue weighted by molar-refractivity contribution is 0.0601. The zero-order valence-electron chi connectivity index (χ0n) is 8.88. The summed E-state index contributed by atoms with van der Waals surface area (Å²) in [6, 6.07) is 1.86. The Hall–Kier alpha value is -1.51. The van der Waals surface area contributed by atoms with Crippen molar-refractivity contribution in [2.45, 2.75) is 25.7 Å². The van der Waals surface area contributed by atoms with Crippen LogP contribution in [-0.4, -0.2) is 18.1 Å². The Balaban J connectivity index is 2.19. The van der Waals surface area contributed by atoms with Crippen molar-refractivity contribution in [1.29, 1.82) is 0 Å². The summed E-state index contributed by atoms with van der Waals surface area (Å²) in [5, 5.41) is 0. The Kier molecular flexibility index (Phi) is 2.90. The molecule has 1 aliphatic rings. The minimum Gasteiger partial charge on any atom is -0.465 e. The lowest BCUT2D eigenvalue weighted by Crippen LogP contribution is -1.98. The van der Waals surface area contributed by atoms with Crippen LogP contribution in [0.2, 0.25) is 0 Å². The summed E-state index contributed by atoms with van der Waals surface area (Å²) in [7, 11) is 1.40. The van der Waals surface area contributed by atoms with Gasteiger partial charge in [0.25, 0.3) is 0 Å². The van der Waals surface area contributed by atoms with Crippen LogP contribution in [0.25, 0.3) is 5.57 Å². The normalized spacial score (nSPS) is 15.9. The van der Waals surface area contributed by atoms with E-state index >= 15 is 0 Å². The van der Waals surface area contributed by atoms with E-state index in [1.54, 1.807) is 6.20 Å². The highest BCUT2D eigenvalue weighted by atomic mass is 16.5. The molecule has 0 atom stereocenters. The Morgan fingerprint density at radius 3 is 3.00 bits per heavy atom. The largest absolute Gasteiger partial charge is 0.465 e. The highest BCUT2D eigenvalue weighted by molar-refractivity contribution is 5.90. The molecule has 1 aromatic rings. The number of ether oxygens (including phenoxy) is 1. The molecule has 0 amide bonds. The summed E-state index contributed by atoms with van der Waals surface area (Å²) in [6.45, 7) is 0. The summed E-state index contributed by atoms with van der Waals surface area (Å²) in [5.41, 5.74) is 2.96. The van der Waals surface area contributed by atoms with Crippen molar-refractivity contribution in [3.63, 3.8) is 0 Å². The smallest absolute Gasteiger partial charge is 0.339 e. The molecule has 1 aromatic heterocycles. The van der Waals surface area contributed by atoms with Gasteiger partial charge in [0.2, 0.25) is 0 Å². The highest BCUT2D eigenvalue weighted by Crippen LogP contribution is 2.26. The van der Waals surface area contributed by atoms with Crippen molar-refractivity contribution in [2.75, 3.05) is 7.11 Å². The first-order valence-corrected chi connectivity index (χ1v) is 5.27. The molecule has 0 spiro atoms. The molecule has 80 valence electrons. The summed E-state index contributed by atoms with van der Waals surface area (Å²) in [4.78, 5) is 14.4. The molecule has 0 bridgehead atoms. The predicted molar refractivity (Wildman–Crippen MR) is 58.6 cm³/mol. The fourth-order valence-corrected chi connectivity index (χ4v) is 1.90. The Labute approximate surface area is 89.1 Å². The average Bonchev–Trinajstić information content (AvgIpc) is 2.78. The molecule has 0 unspecified atom stereocenters. The Bertz CT molecular complexity index is 390. The second-order valence-electron chi connectivity index (χ2n) is 3.77. The standard InChI is InChI=1S/C12H15NO2/c1-15-12(14)10-7-11(13-8-10)9-5-3-2-4-6-9/h5,7-8,13H,2-4,6H2,1H3. The SMILES string of the molecule is COC(=O)c1c[nH]c(C2=CCCCC2)c1. The highest BCUT2D eigenvalue weighted by Gasteiger charge is 2.12. The monoisotopic (exact) mass is 205 g/mol. The first-order valence-electron chi connectivity index (χ1n) is 5.27. The molecule has 3 nitrogen and oxygen atoms in total. The molecular formula is C12H15NO2. The van der Waals surface area contributed by atoms with Gasteiger partial charge in [-0.15, -0.1) is 0 Å². The summed E-state index contributed by atoms with van der Waals surface area (Å²) >= 11 is 0. The predicted octanol–water partition coefficient (Wildman–Crippen LogP) is 2.76. The molecule has 0 saturated carbocycles. The van der Waals surface area contributed by atoms with E-state index in [1.807, 2.05) is 6.07 Å². The zero-order valence-corrected chi connectivity index (χ0v) is 8.88. The maximum absolute atomic E-state index is 11.2. The van der Waals surface area contributed by atoms with Crippen molar-refractivity contribution in [3.8, 4) is 0 Å². The zero-order chi connectivity index (χ0) is 10.7. The van der Waals surface area contributed by atoms with Gasteiger partial charge < -0.3 is 9.72 Å². The van der Waals surface area contributed by atoms with E-state index in [-0.39, 0.29) is 5.97 Å². The summed E-state index contributed by atoms with van der Waals surface area (Å²) in [5.74, 6) is -0.283. The van der Waals surface area contributed by atoms with Crippen molar-refractivity contribution >= 4 is 11.5 Å². The second kappa shape index (κ2) is 4.34. The minimum absolute atomic E-state index is 0.283. The number of carbonyl (C=O) groups is 1. The van der Waals surface area contributed by atoms with Crippen LogP contribution in [0.1, 0.15) is 41.7 Å². The van der Waals surface area contributed by atoms with Crippen LogP contribution in [0.3, 0.4) is 0 Å². The van der Waals surface area contributed by atoms with Crippen molar-refractivity contribution in [1.82, 2.24) is 4.98 Å². The number of aromatic nitrogens is 1. The van der Waals surface area contributed by atoms with E-state index in [4.69, 9.17) is 0 Å². The fraction of sp³-hybridized carbons (Fsp3) is 0.417. The van der Waals surface area contributed by atoms with Gasteiger partial charge in [-0.2, -0.15) is 0 Å². The van der Waals surface area contributed by atoms with E-state index in [0.717, 1.165) is 18.5 Å². The second-order valence-corrected chi connectivity index (χ2v) is 3.77. The van der Waals surface area contributed by atoms with Crippen molar-refractivity contribution in [3.05, 3.63) is 29.6 Å². The minimum atomic E-state index is -0.283. The lowest BCUT2D eigenvalue weighted by Gasteiger charge is -2.10. The molecule has 1 N–H and O–H groups in total. The van der Waals surface area contributed by atoms with E-state index in [9.17, 15) is 4.79 Å². The molecule has 0 saturated heterocycles. The first kappa shape index (κ1) is 10.0. The fourth-order valence-electron chi connectivity index (χ4n) is 1.90. The van der Waals surface area contributed by atoms with Crippen LogP contribution in [-0.2, 0) is 4.74 Å². The lowest BCUT2D eigenvalue weighted by atomic mass is 9.97. The van der Waals surface area contributed by atoms with E-state index in [1.165, 1.54) is 25.5 Å². The number of hydrogen-bond acceptors (Lipinski definition) is 2. The number of aromatic amines is 1. The molecule has 3 heteroatoms. The topological polar surface area (TPSA) is 42.1 Å². The molecule has 0 fully saturated rings. The molecule has 15 heavy (non-hydrogen) atoms. The molecule has 1 heterocycles. The van der Waals surface area contributed by atoms with E-state index in [0.29, 0.717) is 5.56 Å². The van der Waals surface area contributed by atoms with Crippen LogP contribution < -0.4 is 0 Å². The molecule has 0 aromatic carbocycles. The number of hydrogen-bond donors (Lipinski definition) is 1. The third-order valence-corrected chi connectivity index (χ3v) is 2.74. The van der Waals surface area contributed by atoms with Crippen molar-refractivity contribution in [2.24, 2.45) is 0 Å². The number of rotatable bonds is 2. The van der Waals surface area contributed by atoms with Crippen LogP contribution in [0.15, 0.2) is 18.3 Å². The number of nitrogens with one attached hydrogen (secondary N) is 1. The Morgan fingerprint density at radius 2 is 2.33 bits per heavy atom. The van der Waals surface area contributed by atoms with Gasteiger partial charge in [0, 0.05) is 11.9 Å². The van der Waals surface area contributed by atoms with Crippen LogP contribution >= 0.6 is 0 Å². The Morgan fingerprint density at radius 1 is 1.47 bits per heavy atom. The van der Waals surface area contributed by atoms with Gasteiger partial charge in [-0.1, -0.05) is 6.08 Å². The molecule has 1 aliphatic carbocycles. The maximum atomic E-state index is 11.2. The van der Waals surface area contributed by atoms with E-state index < -0.39 is 0 Å². The summed E-state index contributed by atoms with van der Waals surface area (Å²) < 4.78 is 4.66. The van der Waals surface area contributed by atoms with Gasteiger partial charge in [0.1, 0.15) is 0 Å². The number of carbonyl (C=O) groups excluding carboxylic acids is 1. The van der Waals surface area contributed by atoms with Gasteiger partial charge in [0.15, 0.2) is 0 Å². The average molecular weight is 205 g/mol. The summed E-state index contributed by atoms with van der Waals surface area (Å²) in [6.07, 6.45) is 8.70. The van der Waals surface area contributed by atoms with Gasteiger partial charge >= 0.3 is 5.97 Å². The quantitative estimate of drug-likeness (QED) is 0.754. The number of allylic oxidation sites excluding steroid dienone is 2. The third-order valence-electron chi connectivity index (χ3n) is 2.74. The molecule has 0 radical (unpaired) electrons. The van der Waals surface area contributed by atoms with Gasteiger partial charge in [-0.3, -0.25) is 0 Å². The number of esters is 1. The van der Waals surface area contributed by atoms with Crippen LogP contribution in [0, 0.1) is 0 Å². The third kappa shape index (κ3) is 2.12. The molecular weight excluding hydrogens is 190 g/mol. The van der Waals surface area contributed by atoms with Crippen molar-refractivity contribution < 1.29 is 9.53 Å². The van der Waals surface area contributed by atoms with E-state index in [2.05, 4.69) is 15.8 Å². The molecule has 2 rings (SSSR count). The van der Waals surface area contributed by atoms with Crippen LogP contribution in [0.5, 0.6) is 0 Å². The first-order chi connectivity index (χ1) is 7.31. The van der Waals surface area contributed by atoms with Gasteiger partial charge in [-0.05, 0) is 37.3 Å². The molecule has 0 aliphatic heterocycles. The number of H-pyrrole nitrogens is 1. The maximum Gasteiger partial charge on any atom is 0.339 e. The van der Waals surface area contributed by atoms with Crippen LogP contribution in [0.4, 0.5) is 0 Å². The number of methoxy groups -OCH3 is 1. The van der Waals surface area contributed by atoms with Gasteiger partial charge in [0.05, 0.1) is 12.7 Å².